The summed E-state index contributed by atoms with van der Waals surface area (Å²) in [6.07, 6.45) is 4.13. The van der Waals surface area contributed by atoms with Gasteiger partial charge in [0.05, 0.1) is 0 Å². The van der Waals surface area contributed by atoms with Gasteiger partial charge in [0.2, 0.25) is 0 Å². The summed E-state index contributed by atoms with van der Waals surface area (Å²) in [6, 6.07) is 0. The van der Waals surface area contributed by atoms with Crippen molar-refractivity contribution in [2.75, 3.05) is 19.8 Å². The molecule has 0 bridgehead atoms. The summed E-state index contributed by atoms with van der Waals surface area (Å²) in [5.41, 5.74) is -0.179. The maximum absolute atomic E-state index is 11.5. The van der Waals surface area contributed by atoms with Gasteiger partial charge in [-0.15, -0.1) is 0 Å². The average molecular weight is 218 g/mol. The van der Waals surface area contributed by atoms with Crippen molar-refractivity contribution in [3.8, 4) is 0 Å². The second-order valence-electron chi connectivity index (χ2n) is 3.47. The Morgan fingerprint density at radius 3 is 1.86 bits per heavy atom. The predicted octanol–water partition coefficient (Wildman–Crippen LogP) is 3.47. The number of unbranched alkanes of at least 4 members (excludes halogenated alkanes) is 2. The monoisotopic (exact) mass is 218 g/mol. The van der Waals surface area contributed by atoms with E-state index in [1.54, 1.807) is 4.90 Å². The number of carbonyl (C=O) groups excluding carboxylic acids is 1. The predicted molar refractivity (Wildman–Crippen MR) is 60.3 cm³/mol. The molecule has 14 heavy (non-hydrogen) atoms. The molecule has 0 aromatic carbocycles. The van der Waals surface area contributed by atoms with E-state index in [1.165, 1.54) is 6.66 Å². The summed E-state index contributed by atoms with van der Waals surface area (Å²) in [4.78, 5) is 13.2. The van der Waals surface area contributed by atoms with E-state index in [4.69, 9.17) is 0 Å². The molecule has 0 heterocycles. The van der Waals surface area contributed by atoms with E-state index in [9.17, 15) is 9.36 Å². The Morgan fingerprint density at radius 1 is 1.14 bits per heavy atom. The van der Waals surface area contributed by atoms with Gasteiger partial charge in [0.25, 0.3) is 0 Å². The van der Waals surface area contributed by atoms with Gasteiger partial charge in [0.1, 0.15) is 0 Å². The van der Waals surface area contributed by atoms with Gasteiger partial charge in [0, 0.05) is 19.8 Å². The topological polar surface area (TPSA) is 37.4 Å². The minimum absolute atomic E-state index is 0.179. The molecule has 0 aliphatic carbocycles. The molecule has 3 nitrogen and oxygen atoms in total. The van der Waals surface area contributed by atoms with Crippen LogP contribution in [0.2, 0.25) is 0 Å². The van der Waals surface area contributed by atoms with E-state index in [0.717, 1.165) is 38.8 Å². The lowest BCUT2D eigenvalue weighted by atomic mass is 10.3. The fraction of sp³-hybridized carbons (Fsp3) is 0.900. The number of hydrogen-bond donors (Lipinski definition) is 0. The van der Waals surface area contributed by atoms with Crippen LogP contribution in [0.5, 0.6) is 0 Å². The van der Waals surface area contributed by atoms with Gasteiger partial charge in [0.15, 0.2) is 7.80 Å². The van der Waals surface area contributed by atoms with Crippen molar-refractivity contribution in [3.05, 3.63) is 0 Å². The first-order chi connectivity index (χ1) is 6.63. The lowest BCUT2D eigenvalue weighted by Crippen LogP contribution is -2.29. The van der Waals surface area contributed by atoms with Gasteiger partial charge in [-0.1, -0.05) is 26.7 Å². The highest BCUT2D eigenvalue weighted by atomic mass is 31.1. The van der Waals surface area contributed by atoms with E-state index >= 15 is 0 Å². The molecule has 0 aliphatic heterocycles. The van der Waals surface area contributed by atoms with Crippen molar-refractivity contribution in [2.45, 2.75) is 39.5 Å². The van der Waals surface area contributed by atoms with Crippen LogP contribution in [0.1, 0.15) is 39.5 Å². The number of carbonyl (C=O) groups is 1. The molecular weight excluding hydrogens is 197 g/mol. The summed E-state index contributed by atoms with van der Waals surface area (Å²) in [7, 11) is -1.70. The quantitative estimate of drug-likeness (QED) is 0.613. The van der Waals surface area contributed by atoms with Crippen LogP contribution < -0.4 is 0 Å². The highest BCUT2D eigenvalue weighted by molar-refractivity contribution is 7.62. The fourth-order valence-corrected chi connectivity index (χ4v) is 1.80. The second-order valence-corrected chi connectivity index (χ2v) is 4.85. The smallest absolute Gasteiger partial charge is 0.302 e. The minimum atomic E-state index is -1.70. The van der Waals surface area contributed by atoms with Crippen LogP contribution in [0, 0.1) is 0 Å². The van der Waals surface area contributed by atoms with Crippen molar-refractivity contribution in [3.63, 3.8) is 0 Å². The van der Waals surface area contributed by atoms with Crippen LogP contribution >= 0.6 is 7.80 Å². The Balaban J connectivity index is 4.08. The van der Waals surface area contributed by atoms with Gasteiger partial charge >= 0.3 is 5.65 Å². The Hall–Kier alpha value is -0.430. The van der Waals surface area contributed by atoms with Gasteiger partial charge in [-0.25, -0.2) is 0 Å². The third-order valence-corrected chi connectivity index (χ3v) is 2.92. The molecule has 0 aromatic heterocycles. The van der Waals surface area contributed by atoms with Crippen molar-refractivity contribution in [1.29, 1.82) is 0 Å². The molecule has 0 aromatic rings. The molecule has 83 valence electrons. The number of amides is 1. The molecule has 0 N–H and O–H groups in total. The molecule has 1 amide bonds. The molecule has 0 spiro atoms. The number of hydrogen-bond acceptors (Lipinski definition) is 2. The van der Waals surface area contributed by atoms with Gasteiger partial charge in [-0.3, -0.25) is 9.36 Å². The van der Waals surface area contributed by atoms with Gasteiger partial charge in [-0.05, 0) is 12.8 Å². The van der Waals surface area contributed by atoms with Gasteiger partial charge < -0.3 is 4.90 Å². The molecule has 0 saturated heterocycles. The van der Waals surface area contributed by atoms with Crippen molar-refractivity contribution >= 4 is 13.4 Å². The zero-order chi connectivity index (χ0) is 11.0. The normalized spacial score (nSPS) is 11.2. The lowest BCUT2D eigenvalue weighted by molar-refractivity contribution is 0.219. The Morgan fingerprint density at radius 2 is 1.57 bits per heavy atom. The zero-order valence-electron chi connectivity index (χ0n) is 9.45. The first-order valence-electron chi connectivity index (χ1n) is 5.33. The summed E-state index contributed by atoms with van der Waals surface area (Å²) in [5, 5.41) is 0. The van der Waals surface area contributed by atoms with Crippen molar-refractivity contribution < 1.29 is 9.36 Å². The zero-order valence-corrected chi connectivity index (χ0v) is 10.3. The van der Waals surface area contributed by atoms with Gasteiger partial charge in [-0.2, -0.15) is 0 Å². The van der Waals surface area contributed by atoms with Crippen molar-refractivity contribution in [1.82, 2.24) is 4.90 Å². The molecule has 1 radical (unpaired) electrons. The third kappa shape index (κ3) is 5.33. The SMILES string of the molecule is CCCCN(CCCC)C(=O)[P](C)=O. The maximum atomic E-state index is 11.5. The highest BCUT2D eigenvalue weighted by Gasteiger charge is 2.15. The van der Waals surface area contributed by atoms with E-state index in [1.807, 2.05) is 0 Å². The standard InChI is InChI=1S/C10H21NO2P/c1-4-6-8-11(9-7-5-2)10(12)14(3)13/h4-9H2,1-3H3. The molecule has 0 saturated carbocycles. The molecule has 1 unspecified atom stereocenters. The summed E-state index contributed by atoms with van der Waals surface area (Å²) in [6.45, 7) is 7.18. The third-order valence-electron chi connectivity index (χ3n) is 2.10. The lowest BCUT2D eigenvalue weighted by Gasteiger charge is -2.20. The van der Waals surface area contributed by atoms with Crippen LogP contribution in [0.15, 0.2) is 0 Å². The summed E-state index contributed by atoms with van der Waals surface area (Å²) < 4.78 is 11.1. The van der Waals surface area contributed by atoms with Crippen LogP contribution in [0.25, 0.3) is 0 Å². The first-order valence-corrected chi connectivity index (χ1v) is 7.03. The molecule has 1 atom stereocenters. The summed E-state index contributed by atoms with van der Waals surface area (Å²) in [5.74, 6) is 0. The summed E-state index contributed by atoms with van der Waals surface area (Å²) >= 11 is 0. The average Bonchev–Trinajstić information content (AvgIpc) is 2.17. The number of nitrogens with zero attached hydrogens (tertiary/aromatic N) is 1. The fourth-order valence-electron chi connectivity index (χ4n) is 1.20. The Kier molecular flexibility index (Phi) is 7.68. The molecule has 0 aliphatic rings. The molecule has 4 heteroatoms. The van der Waals surface area contributed by atoms with E-state index in [-0.39, 0.29) is 5.65 Å². The van der Waals surface area contributed by atoms with E-state index in [0.29, 0.717) is 0 Å². The highest BCUT2D eigenvalue weighted by Crippen LogP contribution is 2.20. The molecule has 0 fully saturated rings. The van der Waals surface area contributed by atoms with Crippen LogP contribution in [-0.2, 0) is 4.57 Å². The second kappa shape index (κ2) is 7.93. The van der Waals surface area contributed by atoms with Crippen molar-refractivity contribution in [2.24, 2.45) is 0 Å². The van der Waals surface area contributed by atoms with Crippen LogP contribution in [0.3, 0.4) is 0 Å². The molecular formula is C10H21NO2P. The maximum Gasteiger partial charge on any atom is 0.302 e. The van der Waals surface area contributed by atoms with Crippen LogP contribution in [0.4, 0.5) is 4.79 Å². The van der Waals surface area contributed by atoms with E-state index in [2.05, 4.69) is 13.8 Å². The van der Waals surface area contributed by atoms with E-state index < -0.39 is 7.80 Å². The Bertz CT molecular complexity index is 187. The van der Waals surface area contributed by atoms with Crippen LogP contribution in [-0.4, -0.2) is 30.3 Å². The Labute approximate surface area is 87.6 Å². The number of rotatable bonds is 7. The largest absolute Gasteiger partial charge is 0.333 e. The molecule has 0 rings (SSSR count). The minimum Gasteiger partial charge on any atom is -0.333 e. The first kappa shape index (κ1) is 13.6.